The number of aryl methyl sites for hydroxylation is 3. The van der Waals surface area contributed by atoms with E-state index in [2.05, 4.69) is 51.7 Å². The second kappa shape index (κ2) is 5.61. The van der Waals surface area contributed by atoms with Gasteiger partial charge in [0.05, 0.1) is 5.71 Å². The van der Waals surface area contributed by atoms with Gasteiger partial charge in [-0.2, -0.15) is 5.10 Å². The van der Waals surface area contributed by atoms with Gasteiger partial charge in [-0.3, -0.25) is 0 Å². The molecule has 0 atom stereocenters. The molecule has 2 rings (SSSR count). The minimum absolute atomic E-state index is 0.531. The summed E-state index contributed by atoms with van der Waals surface area (Å²) in [6.07, 6.45) is 0. The van der Waals surface area contributed by atoms with Gasteiger partial charge in [0.2, 0.25) is 5.95 Å². The van der Waals surface area contributed by atoms with Gasteiger partial charge in [0, 0.05) is 11.4 Å². The molecular formula is C15H18N4. The van der Waals surface area contributed by atoms with Crippen molar-refractivity contribution in [3.63, 3.8) is 0 Å². The predicted octanol–water partition coefficient (Wildman–Crippen LogP) is 3.24. The molecule has 2 aromatic rings. The lowest BCUT2D eigenvalue weighted by Gasteiger charge is -2.04. The van der Waals surface area contributed by atoms with E-state index in [0.29, 0.717) is 5.95 Å². The van der Waals surface area contributed by atoms with E-state index in [1.54, 1.807) is 0 Å². The fourth-order valence-corrected chi connectivity index (χ4v) is 1.77. The summed E-state index contributed by atoms with van der Waals surface area (Å²) in [6, 6.07) is 10.2. The Bertz CT molecular complexity index is 580. The van der Waals surface area contributed by atoms with Crippen LogP contribution in [-0.2, 0) is 0 Å². The summed E-state index contributed by atoms with van der Waals surface area (Å²) in [5.41, 5.74) is 7.99. The molecule has 0 bridgehead atoms. The third-order valence-corrected chi connectivity index (χ3v) is 2.78. The molecule has 0 unspecified atom stereocenters. The van der Waals surface area contributed by atoms with Gasteiger partial charge < -0.3 is 0 Å². The van der Waals surface area contributed by atoms with E-state index < -0.39 is 0 Å². The number of aromatic nitrogens is 2. The maximum Gasteiger partial charge on any atom is 0.243 e. The lowest BCUT2D eigenvalue weighted by atomic mass is 10.1. The number of hydrogen-bond donors (Lipinski definition) is 1. The monoisotopic (exact) mass is 254 g/mol. The normalized spacial score (nSPS) is 11.5. The summed E-state index contributed by atoms with van der Waals surface area (Å²) in [4.78, 5) is 8.57. The molecule has 0 amide bonds. The number of anilines is 1. The van der Waals surface area contributed by atoms with Crippen LogP contribution in [0.15, 0.2) is 35.4 Å². The van der Waals surface area contributed by atoms with Crippen LogP contribution in [0.5, 0.6) is 0 Å². The Kier molecular flexibility index (Phi) is 3.90. The van der Waals surface area contributed by atoms with Gasteiger partial charge in [-0.15, -0.1) is 0 Å². The Balaban J connectivity index is 2.15. The lowest BCUT2D eigenvalue weighted by molar-refractivity contribution is 1.03. The van der Waals surface area contributed by atoms with E-state index >= 15 is 0 Å². The average Bonchev–Trinajstić information content (AvgIpc) is 2.36. The van der Waals surface area contributed by atoms with Crippen molar-refractivity contribution in [3.05, 3.63) is 52.8 Å². The van der Waals surface area contributed by atoms with Crippen LogP contribution in [0.25, 0.3) is 0 Å². The molecule has 0 aliphatic rings. The van der Waals surface area contributed by atoms with Crippen LogP contribution in [-0.4, -0.2) is 15.7 Å². The molecule has 0 spiro atoms. The predicted molar refractivity (Wildman–Crippen MR) is 78.5 cm³/mol. The molecule has 0 aliphatic carbocycles. The molecule has 1 heterocycles. The number of hydrogen-bond acceptors (Lipinski definition) is 4. The largest absolute Gasteiger partial charge is 0.245 e. The molecule has 1 aromatic heterocycles. The van der Waals surface area contributed by atoms with Gasteiger partial charge in [0.1, 0.15) is 0 Å². The minimum Gasteiger partial charge on any atom is -0.245 e. The zero-order valence-electron chi connectivity index (χ0n) is 11.7. The average molecular weight is 254 g/mol. The van der Waals surface area contributed by atoms with Crippen molar-refractivity contribution in [1.29, 1.82) is 0 Å². The van der Waals surface area contributed by atoms with Crippen molar-refractivity contribution in [2.75, 3.05) is 5.43 Å². The highest BCUT2D eigenvalue weighted by atomic mass is 15.4. The first-order valence-corrected chi connectivity index (χ1v) is 6.24. The van der Waals surface area contributed by atoms with Gasteiger partial charge in [-0.1, -0.05) is 29.8 Å². The molecule has 0 radical (unpaired) electrons. The first-order valence-electron chi connectivity index (χ1n) is 6.24. The third kappa shape index (κ3) is 3.61. The topological polar surface area (TPSA) is 50.2 Å². The molecule has 0 saturated carbocycles. The van der Waals surface area contributed by atoms with Crippen molar-refractivity contribution >= 4 is 11.7 Å². The fraction of sp³-hybridized carbons (Fsp3) is 0.267. The van der Waals surface area contributed by atoms with E-state index in [9.17, 15) is 0 Å². The van der Waals surface area contributed by atoms with E-state index in [-0.39, 0.29) is 0 Å². The van der Waals surface area contributed by atoms with Gasteiger partial charge in [0.25, 0.3) is 0 Å². The second-order valence-corrected chi connectivity index (χ2v) is 4.65. The summed E-state index contributed by atoms with van der Waals surface area (Å²) in [5.74, 6) is 0.531. The third-order valence-electron chi connectivity index (χ3n) is 2.78. The summed E-state index contributed by atoms with van der Waals surface area (Å²) in [5, 5.41) is 4.32. The molecule has 1 aromatic carbocycles. The zero-order valence-corrected chi connectivity index (χ0v) is 11.7. The first kappa shape index (κ1) is 13.2. The Morgan fingerprint density at radius 2 is 1.58 bits per heavy atom. The van der Waals surface area contributed by atoms with E-state index in [1.807, 2.05) is 26.8 Å². The van der Waals surface area contributed by atoms with Gasteiger partial charge >= 0.3 is 0 Å². The molecule has 19 heavy (non-hydrogen) atoms. The second-order valence-electron chi connectivity index (χ2n) is 4.65. The molecule has 98 valence electrons. The van der Waals surface area contributed by atoms with Crippen LogP contribution in [0.2, 0.25) is 0 Å². The van der Waals surface area contributed by atoms with E-state index in [4.69, 9.17) is 0 Å². The number of benzene rings is 1. The molecule has 4 heteroatoms. The number of nitrogens with one attached hydrogen (secondary N) is 1. The van der Waals surface area contributed by atoms with Crippen molar-refractivity contribution in [2.24, 2.45) is 5.10 Å². The molecule has 0 saturated heterocycles. The molecule has 4 nitrogen and oxygen atoms in total. The highest BCUT2D eigenvalue weighted by molar-refractivity contribution is 5.99. The van der Waals surface area contributed by atoms with Crippen LogP contribution < -0.4 is 5.43 Å². The Morgan fingerprint density at radius 1 is 1.00 bits per heavy atom. The van der Waals surface area contributed by atoms with Crippen LogP contribution in [0.1, 0.15) is 29.4 Å². The summed E-state index contributed by atoms with van der Waals surface area (Å²) >= 11 is 0. The number of hydrazone groups is 1. The fourth-order valence-electron chi connectivity index (χ4n) is 1.77. The smallest absolute Gasteiger partial charge is 0.243 e. The lowest BCUT2D eigenvalue weighted by Crippen LogP contribution is -2.03. The Labute approximate surface area is 113 Å². The molecule has 0 aliphatic heterocycles. The standard InChI is InChI=1S/C15H18N4/c1-10-5-7-14(8-6-10)13(4)18-19-15-16-11(2)9-12(3)17-15/h5-9H,1-4H3,(H,16,17,19)/b18-13+. The quantitative estimate of drug-likeness (QED) is 0.675. The first-order chi connectivity index (χ1) is 9.04. The van der Waals surface area contributed by atoms with Crippen LogP contribution in [0.3, 0.4) is 0 Å². The highest BCUT2D eigenvalue weighted by Gasteiger charge is 2.00. The van der Waals surface area contributed by atoms with Crippen LogP contribution in [0, 0.1) is 20.8 Å². The number of nitrogens with zero attached hydrogens (tertiary/aromatic N) is 3. The number of rotatable bonds is 3. The van der Waals surface area contributed by atoms with Crippen molar-refractivity contribution in [1.82, 2.24) is 9.97 Å². The molecule has 1 N–H and O–H groups in total. The van der Waals surface area contributed by atoms with E-state index in [0.717, 1.165) is 22.7 Å². The van der Waals surface area contributed by atoms with Crippen LogP contribution in [0.4, 0.5) is 5.95 Å². The maximum absolute atomic E-state index is 4.32. The van der Waals surface area contributed by atoms with Crippen molar-refractivity contribution in [2.45, 2.75) is 27.7 Å². The van der Waals surface area contributed by atoms with Crippen molar-refractivity contribution < 1.29 is 0 Å². The van der Waals surface area contributed by atoms with Gasteiger partial charge in [-0.05, 0) is 39.3 Å². The van der Waals surface area contributed by atoms with Crippen molar-refractivity contribution in [3.8, 4) is 0 Å². The summed E-state index contributed by atoms with van der Waals surface area (Å²) in [6.45, 7) is 7.91. The summed E-state index contributed by atoms with van der Waals surface area (Å²) in [7, 11) is 0. The summed E-state index contributed by atoms with van der Waals surface area (Å²) < 4.78 is 0. The van der Waals surface area contributed by atoms with E-state index in [1.165, 1.54) is 5.56 Å². The maximum atomic E-state index is 4.32. The van der Waals surface area contributed by atoms with Crippen LogP contribution >= 0.6 is 0 Å². The molecule has 0 fully saturated rings. The minimum atomic E-state index is 0.531. The Hall–Kier alpha value is -2.23. The highest BCUT2D eigenvalue weighted by Crippen LogP contribution is 2.07. The SMILES string of the molecule is C/C(=N\Nc1nc(C)cc(C)n1)c1ccc(C)cc1. The van der Waals surface area contributed by atoms with Gasteiger partial charge in [0.15, 0.2) is 0 Å². The van der Waals surface area contributed by atoms with Gasteiger partial charge in [-0.25, -0.2) is 15.4 Å². The Morgan fingerprint density at radius 3 is 2.16 bits per heavy atom. The molecular weight excluding hydrogens is 236 g/mol. The zero-order chi connectivity index (χ0) is 13.8.